The minimum Gasteiger partial charge on any atom is -0.496 e. The molecule has 1 unspecified atom stereocenters. The lowest BCUT2D eigenvalue weighted by Gasteiger charge is -2.20. The van der Waals surface area contributed by atoms with E-state index < -0.39 is 0 Å². The largest absolute Gasteiger partial charge is 0.496 e. The molecule has 1 aliphatic rings. The zero-order valence-electron chi connectivity index (χ0n) is 18.7. The molecule has 0 radical (unpaired) electrons. The van der Waals surface area contributed by atoms with E-state index in [4.69, 9.17) is 4.74 Å². The van der Waals surface area contributed by atoms with Crippen LogP contribution in [-0.2, 0) is 18.4 Å². The van der Waals surface area contributed by atoms with E-state index in [2.05, 4.69) is 79.8 Å². The Balaban J connectivity index is 1.53. The Kier molecular flexibility index (Phi) is 7.32. The molecule has 4 nitrogen and oxygen atoms in total. The quantitative estimate of drug-likeness (QED) is 0.429. The van der Waals surface area contributed by atoms with Crippen molar-refractivity contribution >= 4 is 28.6 Å². The molecule has 2 aromatic rings. The number of rotatable bonds is 7. The number of hydrogen-bond donors (Lipinski definition) is 0. The summed E-state index contributed by atoms with van der Waals surface area (Å²) < 4.78 is 6.48. The maximum Gasteiger partial charge on any atom is 0.320 e. The van der Waals surface area contributed by atoms with E-state index >= 15 is 0 Å². The van der Waals surface area contributed by atoms with Gasteiger partial charge < -0.3 is 14.5 Å². The Morgan fingerprint density at radius 3 is 2.37 bits per heavy atom. The Labute approximate surface area is 194 Å². The number of methoxy groups -OCH3 is 1. The zero-order valence-corrected chi connectivity index (χ0v) is 20.9. The van der Waals surface area contributed by atoms with Crippen molar-refractivity contribution in [1.29, 1.82) is 0 Å². The normalized spacial score (nSPS) is 17.0. The third-order valence-corrected chi connectivity index (χ3v) is 6.81. The van der Waals surface area contributed by atoms with Gasteiger partial charge in [-0.3, -0.25) is 0 Å². The average molecular weight is 520 g/mol. The molecule has 1 atom stereocenters. The van der Waals surface area contributed by atoms with Gasteiger partial charge >= 0.3 is 6.03 Å². The summed E-state index contributed by atoms with van der Waals surface area (Å²) in [5, 5.41) is 0. The second-order valence-corrected chi connectivity index (χ2v) is 10.4. The lowest BCUT2D eigenvalue weighted by Crippen LogP contribution is -2.31. The highest BCUT2D eigenvalue weighted by Gasteiger charge is 2.33. The number of likely N-dealkylation sites (N-methyl/N-ethyl adjacent to an activating group) is 1. The number of nitrogens with zero attached hydrogens (tertiary/aromatic N) is 2. The van der Waals surface area contributed by atoms with Gasteiger partial charge in [-0.15, -0.1) is 0 Å². The number of hydrogen-bond acceptors (Lipinski definition) is 2. The van der Waals surface area contributed by atoms with Crippen LogP contribution in [0.2, 0.25) is 0 Å². The second kappa shape index (κ2) is 9.58. The Morgan fingerprint density at radius 1 is 1.10 bits per heavy atom. The first-order valence-corrected chi connectivity index (χ1v) is 11.7. The van der Waals surface area contributed by atoms with Crippen molar-refractivity contribution in [2.75, 3.05) is 20.7 Å². The van der Waals surface area contributed by atoms with Gasteiger partial charge in [0.05, 0.1) is 16.7 Å². The topological polar surface area (TPSA) is 32.8 Å². The number of urea groups is 1. The first kappa shape index (κ1) is 22.9. The van der Waals surface area contributed by atoms with E-state index in [0.717, 1.165) is 35.1 Å². The van der Waals surface area contributed by atoms with Gasteiger partial charge in [0.1, 0.15) is 5.75 Å². The molecule has 0 N–H and O–H groups in total. The highest BCUT2D eigenvalue weighted by Crippen LogP contribution is 2.26. The predicted octanol–water partition coefficient (Wildman–Crippen LogP) is 5.86. The number of benzene rings is 2. The molecule has 0 aliphatic carbocycles. The number of carbonyl (C=O) groups excluding carboxylic acids is 1. The third-order valence-electron chi connectivity index (χ3n) is 5.96. The molecule has 162 valence electrons. The first-order chi connectivity index (χ1) is 14.2. The van der Waals surface area contributed by atoms with E-state index in [1.165, 1.54) is 16.7 Å². The van der Waals surface area contributed by atoms with E-state index in [1.54, 1.807) is 7.11 Å². The number of carbonyl (C=O) groups is 1. The van der Waals surface area contributed by atoms with Crippen molar-refractivity contribution < 1.29 is 9.53 Å². The van der Waals surface area contributed by atoms with Gasteiger partial charge in [-0.25, -0.2) is 4.79 Å². The van der Waals surface area contributed by atoms with Crippen molar-refractivity contribution in [1.82, 2.24) is 9.80 Å². The Hall–Kier alpha value is -1.76. The van der Waals surface area contributed by atoms with Crippen LogP contribution < -0.4 is 4.74 Å². The van der Waals surface area contributed by atoms with Crippen molar-refractivity contribution in [2.45, 2.75) is 58.0 Å². The Bertz CT molecular complexity index is 874. The van der Waals surface area contributed by atoms with Crippen molar-refractivity contribution in [2.24, 2.45) is 0 Å². The summed E-state index contributed by atoms with van der Waals surface area (Å²) in [4.78, 5) is 16.6. The molecule has 5 heteroatoms. The van der Waals surface area contributed by atoms with Gasteiger partial charge in [0.15, 0.2) is 0 Å². The monoisotopic (exact) mass is 520 g/mol. The molecule has 1 saturated heterocycles. The molecule has 0 bridgehead atoms. The molecule has 1 heterocycles. The molecule has 0 aromatic heterocycles. The minimum atomic E-state index is 0.138. The molecule has 0 saturated carbocycles. The molecule has 2 amide bonds. The summed E-state index contributed by atoms with van der Waals surface area (Å²) in [6, 6.07) is 15.5. The summed E-state index contributed by atoms with van der Waals surface area (Å²) in [6.45, 7) is 8.15. The molecule has 0 spiro atoms. The van der Waals surface area contributed by atoms with Gasteiger partial charge in [-0.2, -0.15) is 0 Å². The molecule has 30 heavy (non-hydrogen) atoms. The van der Waals surface area contributed by atoms with E-state index in [1.807, 2.05) is 22.9 Å². The van der Waals surface area contributed by atoms with Crippen LogP contribution in [0.4, 0.5) is 4.79 Å². The lowest BCUT2D eigenvalue weighted by molar-refractivity contribution is 0.193. The van der Waals surface area contributed by atoms with Crippen LogP contribution in [0.25, 0.3) is 0 Å². The number of amides is 2. The predicted molar refractivity (Wildman–Crippen MR) is 131 cm³/mol. The average Bonchev–Trinajstić information content (AvgIpc) is 2.96. The fourth-order valence-electron chi connectivity index (χ4n) is 3.99. The molecular weight excluding hydrogens is 487 g/mol. The maximum atomic E-state index is 12.7. The van der Waals surface area contributed by atoms with Crippen LogP contribution in [0.3, 0.4) is 0 Å². The highest BCUT2D eigenvalue weighted by atomic mass is 127. The number of ether oxygens (including phenoxy) is 1. The van der Waals surface area contributed by atoms with Gasteiger partial charge in [0, 0.05) is 20.1 Å². The lowest BCUT2D eigenvalue weighted by atomic mass is 9.87. The zero-order chi connectivity index (χ0) is 21.9. The van der Waals surface area contributed by atoms with Crippen LogP contribution in [0.5, 0.6) is 5.75 Å². The fraction of sp³-hybridized carbons (Fsp3) is 0.480. The van der Waals surface area contributed by atoms with E-state index in [0.29, 0.717) is 6.54 Å². The summed E-state index contributed by atoms with van der Waals surface area (Å²) in [7, 11) is 3.64. The van der Waals surface area contributed by atoms with Crippen molar-refractivity contribution in [3.8, 4) is 5.75 Å². The molecule has 1 aliphatic heterocycles. The van der Waals surface area contributed by atoms with E-state index in [9.17, 15) is 4.79 Å². The fourth-order valence-corrected chi connectivity index (χ4v) is 4.79. The van der Waals surface area contributed by atoms with Gasteiger partial charge in [0.25, 0.3) is 0 Å². The van der Waals surface area contributed by atoms with Crippen LogP contribution in [-0.4, -0.2) is 42.6 Å². The summed E-state index contributed by atoms with van der Waals surface area (Å²) >= 11 is 2.32. The molecular formula is C25H33IN2O2. The first-order valence-electron chi connectivity index (χ1n) is 10.6. The second-order valence-electron chi connectivity index (χ2n) is 9.24. The van der Waals surface area contributed by atoms with Crippen LogP contribution in [0.1, 0.15) is 50.3 Å². The van der Waals surface area contributed by atoms with Gasteiger partial charge in [0.2, 0.25) is 0 Å². The number of halogens is 1. The SMILES string of the molecule is COc1ccc(CCCC2CN(Cc3ccc(C(C)(C)C)cc3)C(=O)N2C)cc1I. The van der Waals surface area contributed by atoms with Gasteiger partial charge in [-0.05, 0) is 76.1 Å². The molecule has 1 fully saturated rings. The van der Waals surface area contributed by atoms with Crippen LogP contribution in [0.15, 0.2) is 42.5 Å². The smallest absolute Gasteiger partial charge is 0.320 e. The van der Waals surface area contributed by atoms with Crippen LogP contribution >= 0.6 is 22.6 Å². The highest BCUT2D eigenvalue weighted by molar-refractivity contribution is 14.1. The van der Waals surface area contributed by atoms with Crippen molar-refractivity contribution in [3.05, 3.63) is 62.7 Å². The van der Waals surface area contributed by atoms with Gasteiger partial charge in [-0.1, -0.05) is 51.1 Å². The standard InChI is InChI=1S/C25H33IN2O2/c1-25(2,3)20-12-9-19(10-13-20)16-28-17-21(27(4)24(28)29)8-6-7-18-11-14-23(30-5)22(26)15-18/h9-15,21H,6-8,16-17H2,1-5H3. The maximum absolute atomic E-state index is 12.7. The third kappa shape index (κ3) is 5.48. The summed E-state index contributed by atoms with van der Waals surface area (Å²) in [6.07, 6.45) is 3.11. The van der Waals surface area contributed by atoms with E-state index in [-0.39, 0.29) is 17.5 Å². The minimum absolute atomic E-state index is 0.138. The number of aryl methyl sites for hydroxylation is 1. The summed E-state index contributed by atoms with van der Waals surface area (Å²) in [5.41, 5.74) is 3.98. The molecule has 3 rings (SSSR count). The molecule has 2 aromatic carbocycles. The van der Waals surface area contributed by atoms with Crippen LogP contribution in [0, 0.1) is 3.57 Å². The summed E-state index contributed by atoms with van der Waals surface area (Å²) in [5.74, 6) is 0.923. The van der Waals surface area contributed by atoms with Crippen molar-refractivity contribution in [3.63, 3.8) is 0 Å². The Morgan fingerprint density at radius 2 is 1.77 bits per heavy atom.